The summed E-state index contributed by atoms with van der Waals surface area (Å²) in [7, 11) is 4.73. The molecule has 1 aromatic carbocycles. The molecule has 6 nitrogen and oxygen atoms in total. The van der Waals surface area contributed by atoms with Crippen LogP contribution in [0.2, 0.25) is 0 Å². The lowest BCUT2D eigenvalue weighted by Crippen LogP contribution is -2.29. The summed E-state index contributed by atoms with van der Waals surface area (Å²) >= 11 is 1.64. The van der Waals surface area contributed by atoms with Crippen LogP contribution in [0, 0.1) is 0 Å². The molecule has 7 heteroatoms. The molecule has 0 N–H and O–H groups in total. The number of nitrogens with zero attached hydrogens (tertiary/aromatic N) is 1. The summed E-state index contributed by atoms with van der Waals surface area (Å²) in [5.74, 6) is 2.54. The Hall–Kier alpha value is -2.93. The number of amides is 1. The first-order chi connectivity index (χ1) is 14.1. The third-order valence-corrected chi connectivity index (χ3v) is 5.42. The van der Waals surface area contributed by atoms with Gasteiger partial charge in [0.15, 0.2) is 11.5 Å². The summed E-state index contributed by atoms with van der Waals surface area (Å²) in [6.07, 6.45) is 2.55. The molecule has 3 rings (SSSR count). The van der Waals surface area contributed by atoms with Crippen LogP contribution >= 0.6 is 11.3 Å². The van der Waals surface area contributed by atoms with Gasteiger partial charge in [0, 0.05) is 11.3 Å². The first kappa shape index (κ1) is 20.8. The Balaban J connectivity index is 1.72. The Kier molecular flexibility index (Phi) is 7.19. The quantitative estimate of drug-likeness (QED) is 0.487. The van der Waals surface area contributed by atoms with Crippen molar-refractivity contribution in [3.63, 3.8) is 0 Å². The van der Waals surface area contributed by atoms with Crippen LogP contribution in [0.1, 0.15) is 22.6 Å². The smallest absolute Gasteiger partial charge is 0.223 e. The maximum atomic E-state index is 13.0. The monoisotopic (exact) mass is 415 g/mol. The molecule has 2 aromatic heterocycles. The highest BCUT2D eigenvalue weighted by Gasteiger charge is 2.18. The second-order valence-corrected chi connectivity index (χ2v) is 7.47. The number of carbonyl (C=O) groups excluding carboxylic acids is 1. The Bertz CT molecular complexity index is 844. The van der Waals surface area contributed by atoms with Gasteiger partial charge in [-0.1, -0.05) is 6.07 Å². The lowest BCUT2D eigenvalue weighted by molar-refractivity contribution is -0.132. The number of benzene rings is 1. The fourth-order valence-electron chi connectivity index (χ4n) is 3.10. The van der Waals surface area contributed by atoms with Gasteiger partial charge in [0.05, 0.1) is 40.7 Å². The largest absolute Gasteiger partial charge is 0.493 e. The second kappa shape index (κ2) is 10.0. The third-order valence-electron chi connectivity index (χ3n) is 4.56. The Morgan fingerprint density at radius 1 is 1.03 bits per heavy atom. The van der Waals surface area contributed by atoms with Crippen LogP contribution in [0.5, 0.6) is 17.2 Å². The minimum atomic E-state index is 0.0588. The van der Waals surface area contributed by atoms with Crippen molar-refractivity contribution in [3.05, 3.63) is 64.2 Å². The molecule has 2 heterocycles. The molecular weight excluding hydrogens is 390 g/mol. The normalized spacial score (nSPS) is 10.6. The average Bonchev–Trinajstić information content (AvgIpc) is 3.44. The predicted molar refractivity (Wildman–Crippen MR) is 112 cm³/mol. The van der Waals surface area contributed by atoms with E-state index in [-0.39, 0.29) is 5.91 Å². The molecule has 0 bridgehead atoms. The summed E-state index contributed by atoms with van der Waals surface area (Å²) in [6.45, 7) is 1.01. The van der Waals surface area contributed by atoms with Gasteiger partial charge in [-0.15, -0.1) is 11.3 Å². The predicted octanol–water partition coefficient (Wildman–Crippen LogP) is 4.53. The number of rotatable bonds is 10. The Morgan fingerprint density at radius 2 is 1.79 bits per heavy atom. The fourth-order valence-corrected chi connectivity index (χ4v) is 3.82. The van der Waals surface area contributed by atoms with Crippen LogP contribution in [0.15, 0.2) is 52.5 Å². The number of aryl methyl sites for hydroxylation is 1. The average molecular weight is 416 g/mol. The molecule has 0 aliphatic heterocycles. The number of carbonyl (C=O) groups is 1. The summed E-state index contributed by atoms with van der Waals surface area (Å²) in [6, 6.07) is 11.5. The van der Waals surface area contributed by atoms with E-state index in [9.17, 15) is 4.79 Å². The van der Waals surface area contributed by atoms with Gasteiger partial charge in [0.2, 0.25) is 11.7 Å². The zero-order valence-electron chi connectivity index (χ0n) is 16.8. The molecule has 0 atom stereocenters. The standard InChI is InChI=1S/C22H25NO5S/c1-25-19-12-16(13-20(26-2)22(19)27-3)8-9-21(24)23(14-17-6-4-10-28-17)15-18-7-5-11-29-18/h4-7,10-13H,8-9,14-15H2,1-3H3. The second-order valence-electron chi connectivity index (χ2n) is 6.44. The molecule has 0 spiro atoms. The number of hydrogen-bond acceptors (Lipinski definition) is 6. The molecule has 0 radical (unpaired) electrons. The highest BCUT2D eigenvalue weighted by Crippen LogP contribution is 2.38. The van der Waals surface area contributed by atoms with E-state index >= 15 is 0 Å². The van der Waals surface area contributed by atoms with E-state index in [0.717, 1.165) is 16.2 Å². The van der Waals surface area contributed by atoms with Crippen LogP contribution in [-0.2, 0) is 24.3 Å². The zero-order valence-corrected chi connectivity index (χ0v) is 17.7. The number of thiophene rings is 1. The molecule has 0 aliphatic carbocycles. The first-order valence-corrected chi connectivity index (χ1v) is 10.1. The molecule has 3 aromatic rings. The van der Waals surface area contributed by atoms with Gasteiger partial charge in [0.1, 0.15) is 5.76 Å². The van der Waals surface area contributed by atoms with Gasteiger partial charge in [-0.2, -0.15) is 0 Å². The molecular formula is C22H25NO5S. The van der Waals surface area contributed by atoms with E-state index in [1.165, 1.54) is 0 Å². The maximum Gasteiger partial charge on any atom is 0.223 e. The number of methoxy groups -OCH3 is 3. The van der Waals surface area contributed by atoms with Crippen molar-refractivity contribution in [2.75, 3.05) is 21.3 Å². The summed E-state index contributed by atoms with van der Waals surface area (Å²) in [5, 5.41) is 2.01. The van der Waals surface area contributed by atoms with E-state index in [2.05, 4.69) is 0 Å². The molecule has 0 fully saturated rings. The van der Waals surface area contributed by atoms with Crippen molar-refractivity contribution < 1.29 is 23.4 Å². The molecule has 0 saturated heterocycles. The first-order valence-electron chi connectivity index (χ1n) is 9.26. The van der Waals surface area contributed by atoms with Crippen molar-refractivity contribution in [1.82, 2.24) is 4.90 Å². The van der Waals surface area contributed by atoms with Crippen LogP contribution in [0.4, 0.5) is 0 Å². The van der Waals surface area contributed by atoms with Crippen molar-refractivity contribution >= 4 is 17.2 Å². The highest BCUT2D eigenvalue weighted by atomic mass is 32.1. The van der Waals surface area contributed by atoms with E-state index in [1.807, 2.05) is 46.7 Å². The molecule has 154 valence electrons. The van der Waals surface area contributed by atoms with Crippen molar-refractivity contribution in [2.24, 2.45) is 0 Å². The van der Waals surface area contributed by atoms with Gasteiger partial charge in [0.25, 0.3) is 0 Å². The van der Waals surface area contributed by atoms with E-state index in [0.29, 0.717) is 43.2 Å². The minimum Gasteiger partial charge on any atom is -0.493 e. The van der Waals surface area contributed by atoms with Gasteiger partial charge >= 0.3 is 0 Å². The fraction of sp³-hybridized carbons (Fsp3) is 0.318. The Morgan fingerprint density at radius 3 is 2.34 bits per heavy atom. The van der Waals surface area contributed by atoms with Gasteiger partial charge in [-0.05, 0) is 47.7 Å². The van der Waals surface area contributed by atoms with Crippen LogP contribution in [0.25, 0.3) is 0 Å². The van der Waals surface area contributed by atoms with Crippen LogP contribution in [0.3, 0.4) is 0 Å². The van der Waals surface area contributed by atoms with Crippen molar-refractivity contribution in [3.8, 4) is 17.2 Å². The topological polar surface area (TPSA) is 61.1 Å². The molecule has 0 aliphatic rings. The molecule has 0 saturated carbocycles. The van der Waals surface area contributed by atoms with Gasteiger partial charge in [-0.25, -0.2) is 0 Å². The molecule has 29 heavy (non-hydrogen) atoms. The third kappa shape index (κ3) is 5.32. The molecule has 1 amide bonds. The number of furan rings is 1. The maximum absolute atomic E-state index is 13.0. The minimum absolute atomic E-state index is 0.0588. The van der Waals surface area contributed by atoms with Crippen molar-refractivity contribution in [2.45, 2.75) is 25.9 Å². The van der Waals surface area contributed by atoms with E-state index in [4.69, 9.17) is 18.6 Å². The Labute approximate surface area is 174 Å². The van der Waals surface area contributed by atoms with Gasteiger partial charge < -0.3 is 23.5 Å². The summed E-state index contributed by atoms with van der Waals surface area (Å²) < 4.78 is 21.6. The SMILES string of the molecule is COc1cc(CCC(=O)N(Cc2ccco2)Cc2cccs2)cc(OC)c1OC. The van der Waals surface area contributed by atoms with Gasteiger partial charge in [-0.3, -0.25) is 4.79 Å². The van der Waals surface area contributed by atoms with E-state index in [1.54, 1.807) is 38.9 Å². The number of hydrogen-bond donors (Lipinski definition) is 0. The summed E-state index contributed by atoms with van der Waals surface area (Å²) in [5.41, 5.74) is 0.946. The van der Waals surface area contributed by atoms with E-state index < -0.39 is 0 Å². The zero-order chi connectivity index (χ0) is 20.6. The lowest BCUT2D eigenvalue weighted by Gasteiger charge is -2.21. The molecule has 0 unspecified atom stereocenters. The van der Waals surface area contributed by atoms with Crippen molar-refractivity contribution in [1.29, 1.82) is 0 Å². The van der Waals surface area contributed by atoms with Crippen LogP contribution < -0.4 is 14.2 Å². The number of ether oxygens (including phenoxy) is 3. The van der Waals surface area contributed by atoms with Crippen LogP contribution in [-0.4, -0.2) is 32.1 Å². The highest BCUT2D eigenvalue weighted by molar-refractivity contribution is 7.09. The lowest BCUT2D eigenvalue weighted by atomic mass is 10.1. The summed E-state index contributed by atoms with van der Waals surface area (Å²) in [4.78, 5) is 16.0.